The molecule has 1 saturated heterocycles. The highest BCUT2D eigenvalue weighted by Crippen LogP contribution is 2.19. The van der Waals surface area contributed by atoms with E-state index in [1.54, 1.807) is 18.4 Å². The summed E-state index contributed by atoms with van der Waals surface area (Å²) in [6.45, 7) is 9.03. The van der Waals surface area contributed by atoms with Crippen LogP contribution < -0.4 is 0 Å². The summed E-state index contributed by atoms with van der Waals surface area (Å²) >= 11 is 0. The second kappa shape index (κ2) is 6.54. The van der Waals surface area contributed by atoms with E-state index in [-0.39, 0.29) is 11.9 Å². The number of carbonyl (C=O) groups is 1. The van der Waals surface area contributed by atoms with Gasteiger partial charge in [0.2, 0.25) is 5.91 Å². The lowest BCUT2D eigenvalue weighted by Gasteiger charge is -2.39. The molecule has 1 amide bonds. The minimum absolute atomic E-state index is 0.166. The first-order valence-electron chi connectivity index (χ1n) is 7.94. The zero-order valence-electron chi connectivity index (χ0n) is 13.7. The number of furan rings is 1. The van der Waals surface area contributed by atoms with Crippen molar-refractivity contribution in [2.45, 2.75) is 33.4 Å². The van der Waals surface area contributed by atoms with E-state index in [4.69, 9.17) is 8.94 Å². The van der Waals surface area contributed by atoms with Crippen molar-refractivity contribution in [1.82, 2.24) is 19.9 Å². The number of amides is 1. The molecule has 23 heavy (non-hydrogen) atoms. The van der Waals surface area contributed by atoms with Crippen LogP contribution in [-0.4, -0.2) is 51.5 Å². The van der Waals surface area contributed by atoms with Crippen LogP contribution in [0, 0.1) is 5.92 Å². The third kappa shape index (κ3) is 3.44. The molecule has 2 aromatic rings. The Hall–Kier alpha value is -2.15. The number of piperazine rings is 1. The second-order valence-electron chi connectivity index (χ2n) is 6.32. The molecule has 124 valence electrons. The van der Waals surface area contributed by atoms with Gasteiger partial charge in [-0.2, -0.15) is 4.98 Å². The van der Waals surface area contributed by atoms with Gasteiger partial charge in [-0.25, -0.2) is 0 Å². The van der Waals surface area contributed by atoms with E-state index in [0.717, 1.165) is 19.6 Å². The van der Waals surface area contributed by atoms with Crippen LogP contribution in [0.1, 0.15) is 26.6 Å². The van der Waals surface area contributed by atoms with E-state index in [1.165, 1.54) is 0 Å². The molecule has 3 heterocycles. The first-order chi connectivity index (χ1) is 11.0. The van der Waals surface area contributed by atoms with Gasteiger partial charge in [-0.3, -0.25) is 9.69 Å². The monoisotopic (exact) mass is 318 g/mol. The maximum Gasteiger partial charge on any atom is 0.293 e. The van der Waals surface area contributed by atoms with Gasteiger partial charge in [0.15, 0.2) is 11.6 Å². The predicted molar refractivity (Wildman–Crippen MR) is 83.3 cm³/mol. The van der Waals surface area contributed by atoms with E-state index >= 15 is 0 Å². The van der Waals surface area contributed by atoms with Gasteiger partial charge in [0.25, 0.3) is 5.89 Å². The van der Waals surface area contributed by atoms with Crippen molar-refractivity contribution in [1.29, 1.82) is 0 Å². The van der Waals surface area contributed by atoms with Gasteiger partial charge in [-0.1, -0.05) is 19.0 Å². The van der Waals surface area contributed by atoms with Crippen molar-refractivity contribution in [2.75, 3.05) is 19.6 Å². The quantitative estimate of drug-likeness (QED) is 0.839. The molecule has 1 fully saturated rings. The van der Waals surface area contributed by atoms with Crippen molar-refractivity contribution in [3.05, 3.63) is 24.2 Å². The van der Waals surface area contributed by atoms with Crippen molar-refractivity contribution in [2.24, 2.45) is 5.92 Å². The van der Waals surface area contributed by atoms with Crippen molar-refractivity contribution in [3.63, 3.8) is 0 Å². The smallest absolute Gasteiger partial charge is 0.293 e. The molecule has 0 aromatic carbocycles. The van der Waals surface area contributed by atoms with Gasteiger partial charge < -0.3 is 13.8 Å². The van der Waals surface area contributed by atoms with Gasteiger partial charge >= 0.3 is 0 Å². The van der Waals surface area contributed by atoms with Crippen LogP contribution in [0.15, 0.2) is 27.3 Å². The van der Waals surface area contributed by atoms with Gasteiger partial charge in [0.05, 0.1) is 18.8 Å². The Morgan fingerprint density at radius 1 is 1.39 bits per heavy atom. The van der Waals surface area contributed by atoms with Crippen molar-refractivity contribution in [3.8, 4) is 11.7 Å². The zero-order chi connectivity index (χ0) is 16.4. The molecule has 1 unspecified atom stereocenters. The largest absolute Gasteiger partial charge is 0.459 e. The van der Waals surface area contributed by atoms with Crippen LogP contribution in [0.5, 0.6) is 0 Å². The highest BCUT2D eigenvalue weighted by molar-refractivity contribution is 5.82. The summed E-state index contributed by atoms with van der Waals surface area (Å²) in [5.41, 5.74) is 0. The summed E-state index contributed by atoms with van der Waals surface area (Å²) in [5.74, 6) is 2.12. The molecule has 2 aromatic heterocycles. The highest BCUT2D eigenvalue weighted by Gasteiger charge is 2.32. The second-order valence-corrected chi connectivity index (χ2v) is 6.32. The molecular weight excluding hydrogens is 296 g/mol. The Balaban J connectivity index is 1.64. The van der Waals surface area contributed by atoms with Gasteiger partial charge in [0, 0.05) is 19.6 Å². The summed E-state index contributed by atoms with van der Waals surface area (Å²) in [6, 6.07) is 3.37. The molecule has 0 N–H and O–H groups in total. The molecule has 7 nitrogen and oxygen atoms in total. The Kier molecular flexibility index (Phi) is 4.47. The van der Waals surface area contributed by atoms with E-state index in [1.807, 2.05) is 11.8 Å². The van der Waals surface area contributed by atoms with Crippen LogP contribution >= 0.6 is 0 Å². The van der Waals surface area contributed by atoms with Crippen molar-refractivity contribution < 1.29 is 13.7 Å². The Labute approximate surface area is 135 Å². The van der Waals surface area contributed by atoms with Gasteiger partial charge in [-0.05, 0) is 25.0 Å². The molecule has 7 heteroatoms. The normalized spacial score (nSPS) is 19.7. The average molecular weight is 318 g/mol. The number of hydrogen-bond donors (Lipinski definition) is 0. The van der Waals surface area contributed by atoms with Gasteiger partial charge in [-0.15, -0.1) is 0 Å². The molecule has 1 aliphatic rings. The third-order valence-electron chi connectivity index (χ3n) is 4.00. The van der Waals surface area contributed by atoms with Crippen LogP contribution in [0.3, 0.4) is 0 Å². The molecule has 0 spiro atoms. The minimum atomic E-state index is -0.173. The molecule has 3 rings (SSSR count). The third-order valence-corrected chi connectivity index (χ3v) is 4.00. The number of carbonyl (C=O) groups excluding carboxylic acids is 1. The number of nitrogens with zero attached hydrogens (tertiary/aromatic N) is 4. The lowest BCUT2D eigenvalue weighted by molar-refractivity contribution is -0.142. The fraction of sp³-hybridized carbons (Fsp3) is 0.562. The molecule has 0 aliphatic carbocycles. The predicted octanol–water partition coefficient (Wildman–Crippen LogP) is 2.02. The molecule has 1 atom stereocenters. The molecule has 0 bridgehead atoms. The molecule has 0 radical (unpaired) electrons. The van der Waals surface area contributed by atoms with Crippen LogP contribution in [0.4, 0.5) is 0 Å². The van der Waals surface area contributed by atoms with Crippen molar-refractivity contribution >= 4 is 5.91 Å². The zero-order valence-corrected chi connectivity index (χ0v) is 13.7. The fourth-order valence-corrected chi connectivity index (χ4v) is 2.81. The average Bonchev–Trinajstić information content (AvgIpc) is 3.17. The summed E-state index contributed by atoms with van der Waals surface area (Å²) < 4.78 is 10.5. The van der Waals surface area contributed by atoms with E-state index in [9.17, 15) is 4.79 Å². The van der Waals surface area contributed by atoms with E-state index in [2.05, 4.69) is 28.9 Å². The summed E-state index contributed by atoms with van der Waals surface area (Å²) in [4.78, 5) is 20.8. The number of aromatic nitrogens is 2. The fourth-order valence-electron chi connectivity index (χ4n) is 2.81. The number of rotatable bonds is 5. The summed E-state index contributed by atoms with van der Waals surface area (Å²) in [7, 11) is 0. The lowest BCUT2D eigenvalue weighted by Crippen LogP contribution is -2.56. The van der Waals surface area contributed by atoms with Crippen LogP contribution in [0.2, 0.25) is 0 Å². The molecule has 0 saturated carbocycles. The first-order valence-corrected chi connectivity index (χ1v) is 7.94. The first kappa shape index (κ1) is 15.7. The summed E-state index contributed by atoms with van der Waals surface area (Å²) in [6.07, 6.45) is 1.56. The number of hydrogen-bond acceptors (Lipinski definition) is 6. The van der Waals surface area contributed by atoms with E-state index < -0.39 is 0 Å². The standard InChI is InChI=1S/C16H22N4O3/c1-11(2)9-20-7-6-19(12(3)16(20)21)10-14-17-15(23-18-14)13-5-4-8-22-13/h4-5,8,11-12H,6-7,9-10H2,1-3H3. The maximum absolute atomic E-state index is 12.5. The minimum Gasteiger partial charge on any atom is -0.459 e. The van der Waals surface area contributed by atoms with Crippen LogP contribution in [-0.2, 0) is 11.3 Å². The highest BCUT2D eigenvalue weighted by atomic mass is 16.5. The van der Waals surface area contributed by atoms with E-state index in [0.29, 0.717) is 29.9 Å². The topological polar surface area (TPSA) is 75.6 Å². The Morgan fingerprint density at radius 2 is 2.22 bits per heavy atom. The molecule has 1 aliphatic heterocycles. The SMILES string of the molecule is CC(C)CN1CCN(Cc2noc(-c3ccco3)n2)C(C)C1=O. The Morgan fingerprint density at radius 3 is 2.91 bits per heavy atom. The van der Waals surface area contributed by atoms with Gasteiger partial charge in [0.1, 0.15) is 0 Å². The molecular formula is C16H22N4O3. The Bertz CT molecular complexity index is 650. The maximum atomic E-state index is 12.5. The summed E-state index contributed by atoms with van der Waals surface area (Å²) in [5, 5.41) is 3.98. The lowest BCUT2D eigenvalue weighted by atomic mass is 10.1. The van der Waals surface area contributed by atoms with Crippen LogP contribution in [0.25, 0.3) is 11.7 Å².